The number of benzene rings is 1. The third-order valence-electron chi connectivity index (χ3n) is 5.42. The Bertz CT molecular complexity index is 1210. The molecule has 1 saturated carbocycles. The Morgan fingerprint density at radius 2 is 1.83 bits per heavy atom. The van der Waals surface area contributed by atoms with Crippen molar-refractivity contribution >= 4 is 28.4 Å². The van der Waals surface area contributed by atoms with Gasteiger partial charge in [0, 0.05) is 17.8 Å². The highest BCUT2D eigenvalue weighted by Crippen LogP contribution is 2.32. The lowest BCUT2D eigenvalue weighted by Crippen LogP contribution is -2.28. The van der Waals surface area contributed by atoms with Crippen molar-refractivity contribution in [3.63, 3.8) is 0 Å². The number of aromatic nitrogens is 5. The van der Waals surface area contributed by atoms with E-state index in [4.69, 9.17) is 11.5 Å². The molecule has 0 bridgehead atoms. The van der Waals surface area contributed by atoms with Crippen molar-refractivity contribution in [3.05, 3.63) is 54.0 Å². The molecule has 3 heterocycles. The maximum Gasteiger partial charge on any atom is 0.184 e. The summed E-state index contributed by atoms with van der Waals surface area (Å²) < 4.78 is 15.8. The topological polar surface area (TPSA) is 121 Å². The number of nitrogens with two attached hydrogens (primary N) is 2. The standard InChI is InChI=1S/C21H21FN8/c22-15-9-2-1-5-12(15)11-30-21-14(8-4-10-25-21)16(29-30)20-27-18(23)17(19(24)28-20)26-13-6-3-7-13/h1-2,4-5,8-10,13,26H,3,6-7,11H2,(H4,23,24,27,28). The number of hydrogen-bond donors (Lipinski definition) is 3. The largest absolute Gasteiger partial charge is 0.382 e. The zero-order valence-corrected chi connectivity index (χ0v) is 16.2. The monoisotopic (exact) mass is 404 g/mol. The van der Waals surface area contributed by atoms with E-state index in [1.165, 1.54) is 12.5 Å². The minimum absolute atomic E-state index is 0.229. The number of anilines is 3. The van der Waals surface area contributed by atoms with Gasteiger partial charge in [-0.15, -0.1) is 0 Å². The molecule has 9 heteroatoms. The first-order chi connectivity index (χ1) is 14.6. The second kappa shape index (κ2) is 7.25. The lowest BCUT2D eigenvalue weighted by molar-refractivity contribution is 0.445. The molecule has 0 spiro atoms. The molecule has 1 fully saturated rings. The lowest BCUT2D eigenvalue weighted by atomic mass is 9.93. The maximum absolute atomic E-state index is 14.2. The van der Waals surface area contributed by atoms with Gasteiger partial charge in [0.15, 0.2) is 23.1 Å². The summed E-state index contributed by atoms with van der Waals surface area (Å²) in [4.78, 5) is 13.3. The van der Waals surface area contributed by atoms with Gasteiger partial charge in [-0.1, -0.05) is 18.2 Å². The molecule has 0 atom stereocenters. The van der Waals surface area contributed by atoms with Crippen molar-refractivity contribution < 1.29 is 4.39 Å². The average Bonchev–Trinajstić information content (AvgIpc) is 3.06. The van der Waals surface area contributed by atoms with E-state index in [1.54, 1.807) is 35.1 Å². The van der Waals surface area contributed by atoms with Crippen LogP contribution in [0.5, 0.6) is 0 Å². The smallest absolute Gasteiger partial charge is 0.184 e. The Labute approximate surface area is 172 Å². The quantitative estimate of drug-likeness (QED) is 0.467. The van der Waals surface area contributed by atoms with Crippen LogP contribution >= 0.6 is 0 Å². The van der Waals surface area contributed by atoms with Crippen LogP contribution in [0, 0.1) is 5.82 Å². The van der Waals surface area contributed by atoms with Crippen molar-refractivity contribution in [2.24, 2.45) is 0 Å². The molecule has 152 valence electrons. The van der Waals surface area contributed by atoms with E-state index in [9.17, 15) is 4.39 Å². The van der Waals surface area contributed by atoms with Crippen LogP contribution < -0.4 is 16.8 Å². The summed E-state index contributed by atoms with van der Waals surface area (Å²) in [6, 6.07) is 10.6. The van der Waals surface area contributed by atoms with Crippen LogP contribution in [0.3, 0.4) is 0 Å². The Morgan fingerprint density at radius 1 is 1.07 bits per heavy atom. The van der Waals surface area contributed by atoms with Gasteiger partial charge in [-0.05, 0) is 37.5 Å². The second-order valence-electron chi connectivity index (χ2n) is 7.44. The molecule has 30 heavy (non-hydrogen) atoms. The molecule has 1 aromatic carbocycles. The lowest BCUT2D eigenvalue weighted by Gasteiger charge is -2.28. The van der Waals surface area contributed by atoms with E-state index in [0.717, 1.165) is 18.2 Å². The third-order valence-corrected chi connectivity index (χ3v) is 5.42. The first-order valence-electron chi connectivity index (χ1n) is 9.85. The molecule has 0 radical (unpaired) electrons. The molecule has 3 aromatic heterocycles. The Hall–Kier alpha value is -3.75. The number of fused-ring (bicyclic) bond motifs is 1. The van der Waals surface area contributed by atoms with E-state index in [-0.39, 0.29) is 24.0 Å². The van der Waals surface area contributed by atoms with Crippen LogP contribution in [0.4, 0.5) is 21.7 Å². The van der Waals surface area contributed by atoms with Crippen LogP contribution in [0.2, 0.25) is 0 Å². The zero-order chi connectivity index (χ0) is 20.7. The summed E-state index contributed by atoms with van der Waals surface area (Å²) in [6.45, 7) is 0.229. The van der Waals surface area contributed by atoms with Crippen LogP contribution in [-0.4, -0.2) is 30.8 Å². The molecular formula is C21H21FN8. The molecule has 0 unspecified atom stereocenters. The van der Waals surface area contributed by atoms with E-state index in [1.807, 2.05) is 6.07 Å². The second-order valence-corrected chi connectivity index (χ2v) is 7.44. The number of nitrogen functional groups attached to an aromatic ring is 2. The molecule has 1 aliphatic rings. The van der Waals surface area contributed by atoms with Crippen molar-refractivity contribution in [1.29, 1.82) is 0 Å². The number of nitrogens with one attached hydrogen (secondary N) is 1. The number of hydrogen-bond acceptors (Lipinski definition) is 7. The fraction of sp³-hybridized carbons (Fsp3) is 0.238. The fourth-order valence-electron chi connectivity index (χ4n) is 3.58. The van der Waals surface area contributed by atoms with Gasteiger partial charge in [-0.3, -0.25) is 0 Å². The minimum Gasteiger partial charge on any atom is -0.382 e. The first-order valence-corrected chi connectivity index (χ1v) is 9.85. The Kier molecular flexibility index (Phi) is 4.42. The SMILES string of the molecule is Nc1nc(-c2nn(Cc3ccccc3F)c3ncccc23)nc(N)c1NC1CCC1. The summed E-state index contributed by atoms with van der Waals surface area (Å²) in [7, 11) is 0. The van der Waals surface area contributed by atoms with Gasteiger partial charge in [-0.2, -0.15) is 5.10 Å². The third kappa shape index (κ3) is 3.18. The van der Waals surface area contributed by atoms with Crippen molar-refractivity contribution in [2.75, 3.05) is 16.8 Å². The first kappa shape index (κ1) is 18.3. The molecule has 4 aromatic rings. The summed E-state index contributed by atoms with van der Waals surface area (Å²) in [6.07, 6.45) is 5.02. The molecule has 8 nitrogen and oxygen atoms in total. The highest BCUT2D eigenvalue weighted by Gasteiger charge is 2.22. The van der Waals surface area contributed by atoms with Gasteiger partial charge in [0.2, 0.25) is 0 Å². The van der Waals surface area contributed by atoms with Crippen molar-refractivity contribution in [1.82, 2.24) is 24.7 Å². The van der Waals surface area contributed by atoms with Crippen LogP contribution in [0.15, 0.2) is 42.6 Å². The summed E-state index contributed by atoms with van der Waals surface area (Å²) in [5.74, 6) is 0.583. The molecular weight excluding hydrogens is 383 g/mol. The van der Waals surface area contributed by atoms with Gasteiger partial charge >= 0.3 is 0 Å². The highest BCUT2D eigenvalue weighted by atomic mass is 19.1. The minimum atomic E-state index is -0.296. The highest BCUT2D eigenvalue weighted by molar-refractivity contribution is 5.90. The van der Waals surface area contributed by atoms with Gasteiger partial charge < -0.3 is 16.8 Å². The zero-order valence-electron chi connectivity index (χ0n) is 16.2. The summed E-state index contributed by atoms with van der Waals surface area (Å²) >= 11 is 0. The van der Waals surface area contributed by atoms with Gasteiger partial charge in [-0.25, -0.2) is 24.0 Å². The number of pyridine rings is 1. The molecule has 5 rings (SSSR count). The van der Waals surface area contributed by atoms with Crippen molar-refractivity contribution in [2.45, 2.75) is 31.8 Å². The van der Waals surface area contributed by atoms with Gasteiger partial charge in [0.05, 0.1) is 11.9 Å². The maximum atomic E-state index is 14.2. The van der Waals surface area contributed by atoms with E-state index >= 15 is 0 Å². The van der Waals surface area contributed by atoms with E-state index in [2.05, 4.69) is 25.4 Å². The molecule has 0 aliphatic heterocycles. The normalized spacial score (nSPS) is 14.0. The number of nitrogens with zero attached hydrogens (tertiary/aromatic N) is 5. The van der Waals surface area contributed by atoms with Crippen LogP contribution in [0.1, 0.15) is 24.8 Å². The van der Waals surface area contributed by atoms with E-state index < -0.39 is 0 Å². The summed E-state index contributed by atoms with van der Waals surface area (Å²) in [5, 5.41) is 8.69. The molecule has 1 aliphatic carbocycles. The van der Waals surface area contributed by atoms with Gasteiger partial charge in [0.25, 0.3) is 0 Å². The van der Waals surface area contributed by atoms with Crippen LogP contribution in [-0.2, 0) is 6.54 Å². The molecule has 0 amide bonds. The van der Waals surface area contributed by atoms with E-state index in [0.29, 0.717) is 34.5 Å². The Morgan fingerprint density at radius 3 is 2.53 bits per heavy atom. The molecule has 5 N–H and O–H groups in total. The number of halogens is 1. The molecule has 0 saturated heterocycles. The van der Waals surface area contributed by atoms with Crippen LogP contribution in [0.25, 0.3) is 22.6 Å². The van der Waals surface area contributed by atoms with Gasteiger partial charge in [0.1, 0.15) is 17.2 Å². The average molecular weight is 404 g/mol. The predicted molar refractivity (Wildman–Crippen MR) is 114 cm³/mol. The number of rotatable bonds is 5. The fourth-order valence-corrected chi connectivity index (χ4v) is 3.58. The predicted octanol–water partition coefficient (Wildman–Crippen LogP) is 3.20. The van der Waals surface area contributed by atoms with Crippen molar-refractivity contribution in [3.8, 4) is 11.5 Å². The Balaban J connectivity index is 1.57. The summed E-state index contributed by atoms with van der Waals surface area (Å²) in [5.41, 5.74) is 14.6.